The van der Waals surface area contributed by atoms with Gasteiger partial charge in [0, 0.05) is 11.1 Å². The van der Waals surface area contributed by atoms with Crippen molar-refractivity contribution in [2.45, 2.75) is 19.8 Å². The second-order valence-electron chi connectivity index (χ2n) is 4.18. The highest BCUT2D eigenvalue weighted by molar-refractivity contribution is 6.43. The molecule has 18 heavy (non-hydrogen) atoms. The molecule has 2 nitrogen and oxygen atoms in total. The fourth-order valence-corrected chi connectivity index (χ4v) is 2.53. The summed E-state index contributed by atoms with van der Waals surface area (Å²) in [4.78, 5) is 8.31. The van der Waals surface area contributed by atoms with Crippen molar-refractivity contribution in [3.8, 4) is 11.3 Å². The minimum Gasteiger partial charge on any atom is -0.236 e. The minimum atomic E-state index is 0.198. The van der Waals surface area contributed by atoms with Crippen LogP contribution in [0.25, 0.3) is 11.3 Å². The summed E-state index contributed by atoms with van der Waals surface area (Å²) in [5.74, 6) is 0.198. The zero-order chi connectivity index (χ0) is 13.3. The van der Waals surface area contributed by atoms with Crippen LogP contribution in [0.2, 0.25) is 15.2 Å². The van der Waals surface area contributed by atoms with E-state index in [9.17, 15) is 0 Å². The molecule has 0 aliphatic carbocycles. The lowest BCUT2D eigenvalue weighted by atomic mass is 9.98. The molecule has 5 heteroatoms. The third kappa shape index (κ3) is 2.46. The van der Waals surface area contributed by atoms with Crippen LogP contribution < -0.4 is 0 Å². The molecule has 0 N–H and O–H groups in total. The predicted molar refractivity (Wildman–Crippen MR) is 76.6 cm³/mol. The first-order valence-corrected chi connectivity index (χ1v) is 6.60. The molecule has 0 atom stereocenters. The summed E-state index contributed by atoms with van der Waals surface area (Å²) in [6, 6.07) is 5.45. The molecule has 0 unspecified atom stereocenters. The molecule has 0 radical (unpaired) electrons. The molecule has 1 heterocycles. The van der Waals surface area contributed by atoms with Crippen molar-refractivity contribution in [3.05, 3.63) is 45.3 Å². The fraction of sp³-hybridized carbons (Fsp3) is 0.231. The van der Waals surface area contributed by atoms with E-state index >= 15 is 0 Å². The first kappa shape index (κ1) is 13.6. The van der Waals surface area contributed by atoms with E-state index in [1.54, 1.807) is 6.07 Å². The van der Waals surface area contributed by atoms with Crippen LogP contribution in [-0.4, -0.2) is 9.97 Å². The Morgan fingerprint density at radius 3 is 2.44 bits per heavy atom. The van der Waals surface area contributed by atoms with Crippen LogP contribution in [0.3, 0.4) is 0 Å². The monoisotopic (exact) mass is 300 g/mol. The first-order valence-electron chi connectivity index (χ1n) is 5.47. The summed E-state index contributed by atoms with van der Waals surface area (Å²) < 4.78 is 0. The lowest BCUT2D eigenvalue weighted by Crippen LogP contribution is -1.99. The van der Waals surface area contributed by atoms with Gasteiger partial charge in [-0.1, -0.05) is 60.8 Å². The second-order valence-corrected chi connectivity index (χ2v) is 5.33. The molecule has 0 saturated carbocycles. The Morgan fingerprint density at radius 1 is 1.06 bits per heavy atom. The maximum Gasteiger partial charge on any atom is 0.136 e. The number of halogens is 3. The quantitative estimate of drug-likeness (QED) is 0.710. The Morgan fingerprint density at radius 2 is 1.78 bits per heavy atom. The van der Waals surface area contributed by atoms with E-state index in [0.717, 1.165) is 16.8 Å². The molecular formula is C13H11Cl3N2. The summed E-state index contributed by atoms with van der Waals surface area (Å²) in [7, 11) is 0. The number of rotatable bonds is 2. The van der Waals surface area contributed by atoms with Crippen molar-refractivity contribution in [2.24, 2.45) is 0 Å². The van der Waals surface area contributed by atoms with Crippen LogP contribution in [0.15, 0.2) is 24.5 Å². The third-order valence-electron chi connectivity index (χ3n) is 2.62. The average molecular weight is 302 g/mol. The molecule has 0 fully saturated rings. The minimum absolute atomic E-state index is 0.198. The predicted octanol–water partition coefficient (Wildman–Crippen LogP) is 5.23. The fourth-order valence-electron chi connectivity index (χ4n) is 1.79. The van der Waals surface area contributed by atoms with Gasteiger partial charge in [-0.3, -0.25) is 0 Å². The summed E-state index contributed by atoms with van der Waals surface area (Å²) in [5.41, 5.74) is 2.39. The topological polar surface area (TPSA) is 25.8 Å². The van der Waals surface area contributed by atoms with Crippen LogP contribution in [-0.2, 0) is 0 Å². The Labute approximate surface area is 121 Å². The van der Waals surface area contributed by atoms with Crippen LogP contribution in [0.4, 0.5) is 0 Å². The van der Waals surface area contributed by atoms with Crippen molar-refractivity contribution in [2.75, 3.05) is 0 Å². The zero-order valence-electron chi connectivity index (χ0n) is 9.92. The Hall–Kier alpha value is -0.830. The zero-order valence-corrected chi connectivity index (χ0v) is 12.2. The van der Waals surface area contributed by atoms with Gasteiger partial charge < -0.3 is 0 Å². The van der Waals surface area contributed by atoms with Gasteiger partial charge in [0.1, 0.15) is 11.5 Å². The molecule has 0 spiro atoms. The Kier molecular flexibility index (Phi) is 4.10. The normalized spacial score (nSPS) is 11.0. The molecule has 0 amide bonds. The standard InChI is InChI=1S/C13H11Cl3N2/c1-7(2)10-12(17-6-18-13(10)16)8-4-3-5-9(14)11(8)15/h3-7H,1-2H3. The van der Waals surface area contributed by atoms with Crippen molar-refractivity contribution in [1.29, 1.82) is 0 Å². The van der Waals surface area contributed by atoms with Crippen LogP contribution >= 0.6 is 34.8 Å². The summed E-state index contributed by atoms with van der Waals surface area (Å²) in [6.07, 6.45) is 1.43. The van der Waals surface area contributed by atoms with E-state index in [1.165, 1.54) is 6.33 Å². The van der Waals surface area contributed by atoms with Gasteiger partial charge >= 0.3 is 0 Å². The molecule has 0 aliphatic rings. The molecule has 2 rings (SSSR count). The SMILES string of the molecule is CC(C)c1c(Cl)ncnc1-c1cccc(Cl)c1Cl. The molecule has 0 saturated heterocycles. The van der Waals surface area contributed by atoms with Gasteiger partial charge in [-0.05, 0) is 12.0 Å². The molecule has 1 aromatic heterocycles. The van der Waals surface area contributed by atoms with Crippen LogP contribution in [0.5, 0.6) is 0 Å². The summed E-state index contributed by atoms with van der Waals surface area (Å²) in [5, 5.41) is 1.43. The number of hydrogen-bond donors (Lipinski definition) is 0. The molecule has 2 aromatic rings. The van der Waals surface area contributed by atoms with Gasteiger partial charge in [-0.25, -0.2) is 9.97 Å². The van der Waals surface area contributed by atoms with E-state index in [0.29, 0.717) is 15.2 Å². The van der Waals surface area contributed by atoms with Crippen molar-refractivity contribution in [1.82, 2.24) is 9.97 Å². The Balaban J connectivity index is 2.72. The van der Waals surface area contributed by atoms with Gasteiger partial charge in [-0.15, -0.1) is 0 Å². The van der Waals surface area contributed by atoms with E-state index in [4.69, 9.17) is 34.8 Å². The maximum atomic E-state index is 6.22. The summed E-state index contributed by atoms with van der Waals surface area (Å²) in [6.45, 7) is 4.07. The highest BCUT2D eigenvalue weighted by atomic mass is 35.5. The Bertz CT molecular complexity index is 582. The van der Waals surface area contributed by atoms with E-state index in [-0.39, 0.29) is 5.92 Å². The van der Waals surface area contributed by atoms with Crippen LogP contribution in [0.1, 0.15) is 25.3 Å². The number of benzene rings is 1. The number of hydrogen-bond acceptors (Lipinski definition) is 2. The maximum absolute atomic E-state index is 6.22. The lowest BCUT2D eigenvalue weighted by molar-refractivity contribution is 0.850. The van der Waals surface area contributed by atoms with Crippen molar-refractivity contribution in [3.63, 3.8) is 0 Å². The molecule has 1 aromatic carbocycles. The van der Waals surface area contributed by atoms with Gasteiger partial charge in [-0.2, -0.15) is 0 Å². The van der Waals surface area contributed by atoms with Crippen molar-refractivity contribution >= 4 is 34.8 Å². The molecule has 94 valence electrons. The summed E-state index contributed by atoms with van der Waals surface area (Å²) >= 11 is 18.4. The van der Waals surface area contributed by atoms with Crippen LogP contribution in [0, 0.1) is 0 Å². The van der Waals surface area contributed by atoms with E-state index < -0.39 is 0 Å². The van der Waals surface area contributed by atoms with Gasteiger partial charge in [0.15, 0.2) is 0 Å². The number of nitrogens with zero attached hydrogens (tertiary/aromatic N) is 2. The van der Waals surface area contributed by atoms with Crippen molar-refractivity contribution < 1.29 is 0 Å². The molecule has 0 aliphatic heterocycles. The highest BCUT2D eigenvalue weighted by Gasteiger charge is 2.17. The van der Waals surface area contributed by atoms with E-state index in [2.05, 4.69) is 9.97 Å². The number of aromatic nitrogens is 2. The molecule has 0 bridgehead atoms. The first-order chi connectivity index (χ1) is 8.52. The van der Waals surface area contributed by atoms with Gasteiger partial charge in [0.25, 0.3) is 0 Å². The lowest BCUT2D eigenvalue weighted by Gasteiger charge is -2.14. The second kappa shape index (κ2) is 5.43. The largest absolute Gasteiger partial charge is 0.236 e. The highest BCUT2D eigenvalue weighted by Crippen LogP contribution is 2.37. The average Bonchev–Trinajstić information content (AvgIpc) is 2.32. The molecular weight excluding hydrogens is 291 g/mol. The van der Waals surface area contributed by atoms with Gasteiger partial charge in [0.05, 0.1) is 15.7 Å². The van der Waals surface area contributed by atoms with Gasteiger partial charge in [0.2, 0.25) is 0 Å². The van der Waals surface area contributed by atoms with E-state index in [1.807, 2.05) is 26.0 Å². The third-order valence-corrected chi connectivity index (χ3v) is 3.74. The smallest absolute Gasteiger partial charge is 0.136 e.